The molecule has 2 aliphatic rings. The second-order valence-corrected chi connectivity index (χ2v) is 6.12. The third-order valence-corrected chi connectivity index (χ3v) is 4.36. The molecule has 27 heavy (non-hydrogen) atoms. The van der Waals surface area contributed by atoms with Gasteiger partial charge in [-0.1, -0.05) is 6.42 Å². The Labute approximate surface area is 155 Å². The topological polar surface area (TPSA) is 135 Å². The maximum Gasteiger partial charge on any atom is 0.369 e. The molecule has 0 unspecified atom stereocenters. The van der Waals surface area contributed by atoms with E-state index in [0.717, 1.165) is 19.3 Å². The summed E-state index contributed by atoms with van der Waals surface area (Å²) in [5.41, 5.74) is -0.237. The molecule has 1 fully saturated rings. The third kappa shape index (κ3) is 3.47. The minimum atomic E-state index is -1.01. The summed E-state index contributed by atoms with van der Waals surface area (Å²) in [6, 6.07) is 3.69. The lowest BCUT2D eigenvalue weighted by molar-refractivity contribution is -0.254. The Hall–Kier alpha value is -3.40. The Kier molecular flexibility index (Phi) is 5.08. The maximum absolute atomic E-state index is 12.5. The molecule has 1 aliphatic heterocycles. The van der Waals surface area contributed by atoms with E-state index in [1.807, 2.05) is 12.1 Å². The lowest BCUT2D eigenvalue weighted by Gasteiger charge is -2.39. The molecule has 0 radical (unpaired) electrons. The van der Waals surface area contributed by atoms with Crippen molar-refractivity contribution in [2.75, 3.05) is 6.61 Å². The molecule has 0 atom stereocenters. The largest absolute Gasteiger partial charge is 0.464 e. The summed E-state index contributed by atoms with van der Waals surface area (Å²) in [6.07, 6.45) is 4.03. The summed E-state index contributed by atoms with van der Waals surface area (Å²) < 4.78 is 18.1. The summed E-state index contributed by atoms with van der Waals surface area (Å²) in [5, 5.41) is 25.9. The van der Waals surface area contributed by atoms with Crippen LogP contribution in [0, 0.1) is 22.7 Å². The molecule has 1 aliphatic carbocycles. The lowest BCUT2D eigenvalue weighted by atomic mass is 9.93. The first-order valence-electron chi connectivity index (χ1n) is 8.61. The fourth-order valence-corrected chi connectivity index (χ4v) is 3.02. The minimum Gasteiger partial charge on any atom is -0.464 e. The number of carbonyl (C=O) groups excluding carboxylic acids is 1. The van der Waals surface area contributed by atoms with Crippen LogP contribution in [-0.4, -0.2) is 27.9 Å². The molecule has 0 aromatic carbocycles. The molecule has 10 nitrogen and oxygen atoms in total. The number of esters is 1. The first-order valence-corrected chi connectivity index (χ1v) is 8.61. The van der Waals surface area contributed by atoms with Crippen LogP contribution in [0.5, 0.6) is 0 Å². The summed E-state index contributed by atoms with van der Waals surface area (Å²) in [6.45, 7) is 2.03. The summed E-state index contributed by atoms with van der Waals surface area (Å²) >= 11 is 0. The maximum atomic E-state index is 12.5. The van der Waals surface area contributed by atoms with Crippen LogP contribution < -0.4 is 0 Å². The Morgan fingerprint density at radius 2 is 1.96 bits per heavy atom. The number of aromatic nitrogens is 2. The van der Waals surface area contributed by atoms with Gasteiger partial charge in [0.2, 0.25) is 0 Å². The van der Waals surface area contributed by atoms with Crippen molar-refractivity contribution in [3.63, 3.8) is 0 Å². The number of nitriles is 2. The predicted octanol–water partition coefficient (Wildman–Crippen LogP) is 2.69. The fourth-order valence-electron chi connectivity index (χ4n) is 3.02. The zero-order valence-electron chi connectivity index (χ0n) is 15.1. The van der Waals surface area contributed by atoms with Gasteiger partial charge in [-0.2, -0.15) is 15.5 Å². The molecule has 0 saturated heterocycles. The normalized spacial score (nSPS) is 18.7. The van der Waals surface area contributed by atoms with E-state index in [2.05, 4.69) is 15.2 Å². The standard InChI is InChI=1S/C17H18N6O4/c1-3-25-15-13(14(24)26-17(27-15)7-5-4-6-8-17)21-22-16-20-11(9-18)12(10-19)23(16)2/h3-8H2,1-2H3. The van der Waals surface area contributed by atoms with Crippen LogP contribution in [0.25, 0.3) is 0 Å². The molecule has 1 spiro atoms. The Morgan fingerprint density at radius 3 is 2.56 bits per heavy atom. The highest BCUT2D eigenvalue weighted by atomic mass is 16.8. The Balaban J connectivity index is 1.94. The van der Waals surface area contributed by atoms with Gasteiger partial charge < -0.3 is 18.8 Å². The van der Waals surface area contributed by atoms with Gasteiger partial charge in [0.15, 0.2) is 11.4 Å². The SMILES string of the molecule is CCOC1=C(N=Nc2nc(C#N)c(C#N)n2C)C(=O)OC2(CCCCC2)O1. The van der Waals surface area contributed by atoms with Gasteiger partial charge in [-0.15, -0.1) is 10.2 Å². The van der Waals surface area contributed by atoms with Crippen LogP contribution >= 0.6 is 0 Å². The van der Waals surface area contributed by atoms with E-state index < -0.39 is 11.8 Å². The van der Waals surface area contributed by atoms with Crippen molar-refractivity contribution >= 4 is 11.9 Å². The van der Waals surface area contributed by atoms with Crippen molar-refractivity contribution < 1.29 is 19.0 Å². The quantitative estimate of drug-likeness (QED) is 0.587. The highest BCUT2D eigenvalue weighted by Crippen LogP contribution is 2.39. The van der Waals surface area contributed by atoms with Crippen molar-refractivity contribution in [3.8, 4) is 12.1 Å². The van der Waals surface area contributed by atoms with E-state index in [9.17, 15) is 4.79 Å². The molecule has 0 bridgehead atoms. The molecule has 0 amide bonds. The van der Waals surface area contributed by atoms with Crippen LogP contribution in [0.1, 0.15) is 50.4 Å². The average Bonchev–Trinajstić information content (AvgIpc) is 2.97. The van der Waals surface area contributed by atoms with Gasteiger partial charge in [0.1, 0.15) is 12.1 Å². The van der Waals surface area contributed by atoms with Crippen LogP contribution in [0.2, 0.25) is 0 Å². The molecule has 1 aromatic rings. The van der Waals surface area contributed by atoms with Crippen LogP contribution in [0.15, 0.2) is 21.9 Å². The number of rotatable bonds is 4. The zero-order chi connectivity index (χ0) is 19.4. The number of nitrogens with zero attached hydrogens (tertiary/aromatic N) is 6. The molecule has 1 aromatic heterocycles. The highest BCUT2D eigenvalue weighted by molar-refractivity contribution is 5.89. The van der Waals surface area contributed by atoms with Crippen molar-refractivity contribution in [2.24, 2.45) is 17.3 Å². The number of ether oxygens (including phenoxy) is 3. The predicted molar refractivity (Wildman–Crippen MR) is 88.8 cm³/mol. The van der Waals surface area contributed by atoms with Crippen molar-refractivity contribution in [1.82, 2.24) is 9.55 Å². The van der Waals surface area contributed by atoms with Gasteiger partial charge in [0.25, 0.3) is 17.4 Å². The van der Waals surface area contributed by atoms with Gasteiger partial charge in [-0.3, -0.25) is 0 Å². The van der Waals surface area contributed by atoms with E-state index in [-0.39, 0.29) is 35.6 Å². The summed E-state index contributed by atoms with van der Waals surface area (Å²) in [4.78, 5) is 16.4. The fraction of sp³-hybridized carbons (Fsp3) is 0.529. The number of imidazole rings is 1. The molecule has 10 heteroatoms. The minimum absolute atomic E-state index is 0.00259. The molecular formula is C17H18N6O4. The number of hydrogen-bond acceptors (Lipinski definition) is 9. The van der Waals surface area contributed by atoms with E-state index in [0.29, 0.717) is 12.8 Å². The van der Waals surface area contributed by atoms with Crippen LogP contribution in [0.3, 0.4) is 0 Å². The van der Waals surface area contributed by atoms with E-state index in [1.54, 1.807) is 6.92 Å². The van der Waals surface area contributed by atoms with Gasteiger partial charge in [0, 0.05) is 19.9 Å². The molecule has 0 N–H and O–H groups in total. The van der Waals surface area contributed by atoms with Gasteiger partial charge in [-0.25, -0.2) is 4.79 Å². The number of carbonyl (C=O) groups is 1. The highest BCUT2D eigenvalue weighted by Gasteiger charge is 2.45. The Bertz CT molecular complexity index is 896. The molecular weight excluding hydrogens is 352 g/mol. The molecule has 2 heterocycles. The van der Waals surface area contributed by atoms with Gasteiger partial charge in [-0.05, 0) is 19.8 Å². The molecule has 3 rings (SSSR count). The lowest BCUT2D eigenvalue weighted by Crippen LogP contribution is -2.44. The molecule has 1 saturated carbocycles. The second kappa shape index (κ2) is 7.46. The van der Waals surface area contributed by atoms with E-state index in [4.69, 9.17) is 24.7 Å². The zero-order valence-corrected chi connectivity index (χ0v) is 15.1. The smallest absolute Gasteiger partial charge is 0.369 e. The van der Waals surface area contributed by atoms with Crippen molar-refractivity contribution in [2.45, 2.75) is 44.8 Å². The van der Waals surface area contributed by atoms with Gasteiger partial charge in [0.05, 0.1) is 6.61 Å². The van der Waals surface area contributed by atoms with Crippen LogP contribution in [-0.2, 0) is 26.1 Å². The molecule has 140 valence electrons. The third-order valence-electron chi connectivity index (χ3n) is 4.36. The van der Waals surface area contributed by atoms with Crippen LogP contribution in [0.4, 0.5) is 5.95 Å². The Morgan fingerprint density at radius 1 is 1.22 bits per heavy atom. The number of hydrogen-bond donors (Lipinski definition) is 0. The van der Waals surface area contributed by atoms with E-state index >= 15 is 0 Å². The van der Waals surface area contributed by atoms with Gasteiger partial charge >= 0.3 is 11.9 Å². The van der Waals surface area contributed by atoms with E-state index in [1.165, 1.54) is 11.6 Å². The summed E-state index contributed by atoms with van der Waals surface area (Å²) in [5.74, 6) is -1.73. The first kappa shape index (κ1) is 18.4. The first-order chi connectivity index (χ1) is 13.0. The van der Waals surface area contributed by atoms with Crippen molar-refractivity contribution in [3.05, 3.63) is 23.0 Å². The van der Waals surface area contributed by atoms with Crippen molar-refractivity contribution in [1.29, 1.82) is 10.5 Å². The average molecular weight is 370 g/mol. The summed E-state index contributed by atoms with van der Waals surface area (Å²) in [7, 11) is 1.52. The monoisotopic (exact) mass is 370 g/mol. The number of azo groups is 1. The second-order valence-electron chi connectivity index (χ2n) is 6.12.